The lowest BCUT2D eigenvalue weighted by atomic mass is 9.96. The minimum atomic E-state index is -2.87. The third-order valence-electron chi connectivity index (χ3n) is 5.08. The van der Waals surface area contributed by atoms with Crippen molar-refractivity contribution in [2.45, 2.75) is 24.2 Å². The summed E-state index contributed by atoms with van der Waals surface area (Å²) in [6.07, 6.45) is 4.14. The number of rotatable bonds is 3. The first-order valence-electron chi connectivity index (χ1n) is 7.49. The zero-order chi connectivity index (χ0) is 16.0. The van der Waals surface area contributed by atoms with Crippen LogP contribution in [-0.4, -0.2) is 39.1 Å². The first kappa shape index (κ1) is 15.9. The monoisotopic (exact) mass is 339 g/mol. The summed E-state index contributed by atoms with van der Waals surface area (Å²) in [5, 5.41) is 0. The van der Waals surface area contributed by atoms with Crippen LogP contribution in [0, 0.1) is 11.3 Å². The predicted octanol–water partition coefficient (Wildman–Crippen LogP) is 2.59. The molecule has 0 aromatic heterocycles. The van der Waals surface area contributed by atoms with Crippen LogP contribution in [0.5, 0.6) is 0 Å². The predicted molar refractivity (Wildman–Crippen MR) is 90.1 cm³/mol. The first-order chi connectivity index (χ1) is 10.4. The lowest BCUT2D eigenvalue weighted by Gasteiger charge is -2.24. The van der Waals surface area contributed by atoms with E-state index in [1.807, 2.05) is 37.6 Å². The zero-order valence-corrected chi connectivity index (χ0v) is 14.5. The van der Waals surface area contributed by atoms with Gasteiger partial charge in [-0.05, 0) is 49.1 Å². The van der Waals surface area contributed by atoms with Gasteiger partial charge in [0.1, 0.15) is 9.84 Å². The van der Waals surface area contributed by atoms with E-state index < -0.39 is 9.84 Å². The molecule has 0 unspecified atom stereocenters. The molecule has 1 heterocycles. The molecule has 1 aromatic rings. The number of hydrogen-bond acceptors (Lipinski definition) is 4. The molecule has 120 valence electrons. The lowest BCUT2D eigenvalue weighted by Crippen LogP contribution is -2.33. The van der Waals surface area contributed by atoms with Crippen LogP contribution in [0.25, 0.3) is 0 Å². The van der Waals surface area contributed by atoms with Gasteiger partial charge in [0.05, 0.1) is 11.5 Å². The van der Waals surface area contributed by atoms with Gasteiger partial charge < -0.3 is 4.90 Å². The number of thioether (sulfide) groups is 1. The highest BCUT2D eigenvalue weighted by Crippen LogP contribution is 2.60. The van der Waals surface area contributed by atoms with Crippen molar-refractivity contribution in [3.05, 3.63) is 24.3 Å². The van der Waals surface area contributed by atoms with Crippen molar-refractivity contribution in [2.75, 3.05) is 29.7 Å². The SMILES string of the molecule is CSc1cccc(N(C)C(=O)[C@H]2CC23CCS(=O)(=O)CC3)c1. The number of benzene rings is 1. The highest BCUT2D eigenvalue weighted by molar-refractivity contribution is 7.98. The minimum Gasteiger partial charge on any atom is -0.315 e. The summed E-state index contributed by atoms with van der Waals surface area (Å²) in [5.74, 6) is 0.591. The maximum Gasteiger partial charge on any atom is 0.230 e. The van der Waals surface area contributed by atoms with E-state index in [2.05, 4.69) is 0 Å². The fourth-order valence-corrected chi connectivity index (χ4v) is 5.47. The second kappa shape index (κ2) is 5.57. The summed E-state index contributed by atoms with van der Waals surface area (Å²) in [5.41, 5.74) is 0.857. The maximum absolute atomic E-state index is 12.7. The van der Waals surface area contributed by atoms with Crippen LogP contribution in [0.1, 0.15) is 19.3 Å². The Balaban J connectivity index is 1.70. The molecule has 1 saturated heterocycles. The quantitative estimate of drug-likeness (QED) is 0.794. The van der Waals surface area contributed by atoms with Gasteiger partial charge in [-0.25, -0.2) is 8.42 Å². The molecule has 2 fully saturated rings. The highest BCUT2D eigenvalue weighted by atomic mass is 32.2. The van der Waals surface area contributed by atoms with E-state index in [0.717, 1.165) is 17.0 Å². The standard InChI is InChI=1S/C16H21NO3S2/c1-17(12-4-3-5-13(10-12)21-2)15(18)14-11-16(14)6-8-22(19,20)9-7-16/h3-5,10,14H,6-9,11H2,1-2H3/t14-/m1/s1. The van der Waals surface area contributed by atoms with Crippen molar-refractivity contribution in [1.82, 2.24) is 0 Å². The maximum atomic E-state index is 12.7. The molecule has 1 atom stereocenters. The average molecular weight is 339 g/mol. The van der Waals surface area contributed by atoms with E-state index in [4.69, 9.17) is 0 Å². The smallest absolute Gasteiger partial charge is 0.230 e. The highest BCUT2D eigenvalue weighted by Gasteiger charge is 2.60. The number of nitrogens with zero attached hydrogens (tertiary/aromatic N) is 1. The zero-order valence-electron chi connectivity index (χ0n) is 12.9. The van der Waals surface area contributed by atoms with Crippen molar-refractivity contribution in [3.63, 3.8) is 0 Å². The Hall–Kier alpha value is -1.01. The van der Waals surface area contributed by atoms with Crippen LogP contribution in [0.15, 0.2) is 29.2 Å². The van der Waals surface area contributed by atoms with Crippen molar-refractivity contribution >= 4 is 33.2 Å². The molecule has 4 nitrogen and oxygen atoms in total. The number of sulfone groups is 1. The van der Waals surface area contributed by atoms with E-state index in [0.29, 0.717) is 12.8 Å². The van der Waals surface area contributed by atoms with Gasteiger partial charge in [-0.3, -0.25) is 4.79 Å². The molecule has 3 rings (SSSR count). The van der Waals surface area contributed by atoms with Crippen molar-refractivity contribution in [2.24, 2.45) is 11.3 Å². The van der Waals surface area contributed by atoms with Gasteiger partial charge in [0.15, 0.2) is 0 Å². The van der Waals surface area contributed by atoms with E-state index in [-0.39, 0.29) is 28.7 Å². The summed E-state index contributed by atoms with van der Waals surface area (Å²) in [4.78, 5) is 15.6. The summed E-state index contributed by atoms with van der Waals surface area (Å²) >= 11 is 1.65. The minimum absolute atomic E-state index is 0.00839. The molecular formula is C16H21NO3S2. The topological polar surface area (TPSA) is 54.5 Å². The van der Waals surface area contributed by atoms with Crippen molar-refractivity contribution < 1.29 is 13.2 Å². The lowest BCUT2D eigenvalue weighted by molar-refractivity contribution is -0.120. The number of hydrogen-bond donors (Lipinski definition) is 0. The van der Waals surface area contributed by atoms with E-state index in [1.165, 1.54) is 0 Å². The molecule has 1 saturated carbocycles. The molecule has 1 aromatic carbocycles. The second-order valence-electron chi connectivity index (χ2n) is 6.37. The molecular weight excluding hydrogens is 318 g/mol. The van der Waals surface area contributed by atoms with Gasteiger partial charge in [-0.2, -0.15) is 0 Å². The number of carbonyl (C=O) groups is 1. The first-order valence-corrected chi connectivity index (χ1v) is 10.5. The molecule has 0 bridgehead atoms. The van der Waals surface area contributed by atoms with Crippen LogP contribution in [0.3, 0.4) is 0 Å². The van der Waals surface area contributed by atoms with E-state index in [9.17, 15) is 13.2 Å². The van der Waals surface area contributed by atoms with Crippen LogP contribution in [-0.2, 0) is 14.6 Å². The Morgan fingerprint density at radius 2 is 2.00 bits per heavy atom. The van der Waals surface area contributed by atoms with Gasteiger partial charge in [-0.1, -0.05) is 6.07 Å². The molecule has 0 radical (unpaired) electrons. The Bertz CT molecular complexity index is 685. The molecule has 1 spiro atoms. The second-order valence-corrected chi connectivity index (χ2v) is 9.55. The normalized spacial score (nSPS) is 24.9. The number of amides is 1. The molecule has 1 amide bonds. The summed E-state index contributed by atoms with van der Waals surface area (Å²) in [7, 11) is -1.06. The summed E-state index contributed by atoms with van der Waals surface area (Å²) in [6.45, 7) is 0. The third-order valence-corrected chi connectivity index (χ3v) is 7.46. The summed E-state index contributed by atoms with van der Waals surface area (Å²) in [6, 6.07) is 7.94. The summed E-state index contributed by atoms with van der Waals surface area (Å²) < 4.78 is 23.1. The van der Waals surface area contributed by atoms with Crippen LogP contribution < -0.4 is 4.90 Å². The Kier molecular flexibility index (Phi) is 4.01. The van der Waals surface area contributed by atoms with Gasteiger partial charge in [-0.15, -0.1) is 11.8 Å². The van der Waals surface area contributed by atoms with Gasteiger partial charge in [0.25, 0.3) is 0 Å². The molecule has 22 heavy (non-hydrogen) atoms. The third kappa shape index (κ3) is 2.91. The molecule has 0 N–H and O–H groups in total. The van der Waals surface area contributed by atoms with Crippen LogP contribution in [0.4, 0.5) is 5.69 Å². The molecule has 1 aliphatic carbocycles. The van der Waals surface area contributed by atoms with E-state index >= 15 is 0 Å². The van der Waals surface area contributed by atoms with E-state index in [1.54, 1.807) is 16.7 Å². The largest absolute Gasteiger partial charge is 0.315 e. The fourth-order valence-electron chi connectivity index (χ4n) is 3.37. The van der Waals surface area contributed by atoms with Crippen molar-refractivity contribution in [1.29, 1.82) is 0 Å². The fraction of sp³-hybridized carbons (Fsp3) is 0.562. The average Bonchev–Trinajstić information content (AvgIpc) is 3.24. The number of carbonyl (C=O) groups excluding carboxylic acids is 1. The Labute approximate surface area is 136 Å². The molecule has 2 aliphatic rings. The van der Waals surface area contributed by atoms with Gasteiger partial charge >= 0.3 is 0 Å². The van der Waals surface area contributed by atoms with Gasteiger partial charge in [0, 0.05) is 23.5 Å². The van der Waals surface area contributed by atoms with Crippen LogP contribution in [0.2, 0.25) is 0 Å². The Morgan fingerprint density at radius 1 is 1.32 bits per heavy atom. The van der Waals surface area contributed by atoms with Crippen molar-refractivity contribution in [3.8, 4) is 0 Å². The van der Waals surface area contributed by atoms with Crippen LogP contribution >= 0.6 is 11.8 Å². The molecule has 6 heteroatoms. The molecule has 1 aliphatic heterocycles. The van der Waals surface area contributed by atoms with Gasteiger partial charge in [0.2, 0.25) is 5.91 Å². The number of anilines is 1. The Morgan fingerprint density at radius 3 is 2.64 bits per heavy atom.